The van der Waals surface area contributed by atoms with Gasteiger partial charge in [0.15, 0.2) is 5.78 Å². The van der Waals surface area contributed by atoms with E-state index in [1.54, 1.807) is 44.4 Å². The minimum Gasteiger partial charge on any atom is -0.454 e. The Hall–Kier alpha value is -2.88. The lowest BCUT2D eigenvalue weighted by Gasteiger charge is -2.46. The third-order valence-corrected chi connectivity index (χ3v) is 6.85. The van der Waals surface area contributed by atoms with Crippen molar-refractivity contribution in [3.05, 3.63) is 58.1 Å². The van der Waals surface area contributed by atoms with E-state index in [9.17, 15) is 14.9 Å². The molecular weight excluding hydrogens is 474 g/mol. The molecule has 3 rings (SSSR count). The maximum atomic E-state index is 13.1. The molecule has 1 fully saturated rings. The van der Waals surface area contributed by atoms with Gasteiger partial charge in [0, 0.05) is 43.6 Å². The summed E-state index contributed by atoms with van der Waals surface area (Å²) in [7, 11) is 3.41. The van der Waals surface area contributed by atoms with Crippen LogP contribution in [0.4, 0.5) is 0 Å². The average molecular weight is 510 g/mol. The Morgan fingerprint density at radius 2 is 1.78 bits per heavy atom. The highest BCUT2D eigenvalue weighted by Gasteiger charge is 2.38. The average Bonchev–Trinajstić information content (AvgIpc) is 2.76. The number of carbonyl (C=O) groups is 2. The van der Waals surface area contributed by atoms with Crippen LogP contribution >= 0.6 is 11.6 Å². The minimum atomic E-state index is -0.0191. The molecule has 0 radical (unpaired) electrons. The topological polar surface area (TPSA) is 82.4 Å². The molecule has 0 aliphatic carbocycles. The first-order valence-electron chi connectivity index (χ1n) is 12.3. The van der Waals surface area contributed by atoms with Gasteiger partial charge in [-0.1, -0.05) is 23.7 Å². The van der Waals surface area contributed by atoms with E-state index in [1.807, 2.05) is 6.07 Å². The zero-order valence-electron chi connectivity index (χ0n) is 22.1. The first kappa shape index (κ1) is 27.7. The number of ketones is 1. The predicted octanol–water partition coefficient (Wildman–Crippen LogP) is 6.15. The summed E-state index contributed by atoms with van der Waals surface area (Å²) in [4.78, 5) is 26.6. The van der Waals surface area contributed by atoms with Gasteiger partial charge in [0.25, 0.3) is 0 Å². The van der Waals surface area contributed by atoms with E-state index < -0.39 is 0 Å². The number of carbonyl (C=O) groups excluding carboxylic acids is 2. The van der Waals surface area contributed by atoms with Gasteiger partial charge in [-0.05, 0) is 82.7 Å². The van der Waals surface area contributed by atoms with Crippen LogP contribution in [0.1, 0.15) is 74.9 Å². The van der Waals surface area contributed by atoms with Crippen molar-refractivity contribution in [2.75, 3.05) is 14.1 Å². The van der Waals surface area contributed by atoms with Gasteiger partial charge in [-0.25, -0.2) is 0 Å². The van der Waals surface area contributed by atoms with Gasteiger partial charge in [0.05, 0.1) is 10.6 Å². The van der Waals surface area contributed by atoms with Gasteiger partial charge in [-0.2, -0.15) is 5.26 Å². The maximum Gasteiger partial charge on any atom is 0.222 e. The molecule has 0 bridgehead atoms. The summed E-state index contributed by atoms with van der Waals surface area (Å²) in [6.07, 6.45) is 3.07. The van der Waals surface area contributed by atoms with Crippen LogP contribution in [0.5, 0.6) is 11.5 Å². The first-order chi connectivity index (χ1) is 16.8. The largest absolute Gasteiger partial charge is 0.454 e. The van der Waals surface area contributed by atoms with Gasteiger partial charge < -0.3 is 15.0 Å². The van der Waals surface area contributed by atoms with Crippen LogP contribution in [-0.4, -0.2) is 41.8 Å². The monoisotopic (exact) mass is 509 g/mol. The molecule has 6 nitrogen and oxygen atoms in total. The van der Waals surface area contributed by atoms with Gasteiger partial charge in [0.1, 0.15) is 17.6 Å². The molecule has 0 unspecified atom stereocenters. The maximum absolute atomic E-state index is 13.1. The molecule has 0 saturated carbocycles. The second kappa shape index (κ2) is 11.0. The van der Waals surface area contributed by atoms with Crippen LogP contribution in [0.2, 0.25) is 5.02 Å². The molecule has 36 heavy (non-hydrogen) atoms. The highest BCUT2D eigenvalue weighted by atomic mass is 35.5. The summed E-state index contributed by atoms with van der Waals surface area (Å²) in [6, 6.07) is 12.6. The number of nitrogens with one attached hydrogen (secondary N) is 1. The number of aryl methyl sites for hydroxylation is 1. The van der Waals surface area contributed by atoms with Gasteiger partial charge in [-0.15, -0.1) is 0 Å². The molecule has 1 aliphatic heterocycles. The van der Waals surface area contributed by atoms with Crippen molar-refractivity contribution in [2.24, 2.45) is 5.92 Å². The lowest BCUT2D eigenvalue weighted by Crippen LogP contribution is -2.57. The summed E-state index contributed by atoms with van der Waals surface area (Å²) in [5.74, 6) is 1.08. The van der Waals surface area contributed by atoms with Gasteiger partial charge >= 0.3 is 0 Å². The molecule has 1 heterocycles. The van der Waals surface area contributed by atoms with Crippen molar-refractivity contribution >= 4 is 23.3 Å². The molecule has 1 N–H and O–H groups in total. The number of piperidine rings is 1. The van der Waals surface area contributed by atoms with Crippen LogP contribution in [0.25, 0.3) is 0 Å². The SMILES string of the molecule is CN(C)C(=O)CCc1cccc(Oc2ccc(C(=O)CC3CC(C)(C)NC(C)(C)C3)cc2Cl)c1C#N. The van der Waals surface area contributed by atoms with Crippen molar-refractivity contribution in [3.8, 4) is 17.6 Å². The number of amides is 1. The van der Waals surface area contributed by atoms with Crippen LogP contribution < -0.4 is 10.1 Å². The summed E-state index contributed by atoms with van der Waals surface area (Å²) in [6.45, 7) is 8.72. The number of ether oxygens (including phenoxy) is 1. The third kappa shape index (κ3) is 7.09. The fourth-order valence-electron chi connectivity index (χ4n) is 5.40. The van der Waals surface area contributed by atoms with Gasteiger partial charge in [0.2, 0.25) is 5.91 Å². The van der Waals surface area contributed by atoms with Crippen LogP contribution in [0.15, 0.2) is 36.4 Å². The van der Waals surface area contributed by atoms with E-state index in [1.165, 1.54) is 4.90 Å². The Kier molecular flexibility index (Phi) is 8.48. The minimum absolute atomic E-state index is 0.00914. The van der Waals surface area contributed by atoms with Gasteiger partial charge in [-0.3, -0.25) is 9.59 Å². The lowest BCUT2D eigenvalue weighted by atomic mass is 9.74. The van der Waals surface area contributed by atoms with Crippen molar-refractivity contribution in [3.63, 3.8) is 0 Å². The zero-order chi connectivity index (χ0) is 26.7. The molecule has 2 aromatic rings. The molecule has 2 aromatic carbocycles. The van der Waals surface area contributed by atoms with E-state index in [-0.39, 0.29) is 22.8 Å². The van der Waals surface area contributed by atoms with Crippen molar-refractivity contribution in [1.82, 2.24) is 10.2 Å². The molecular formula is C29H36ClN3O3. The number of Topliss-reactive ketones (excluding diaryl/α,β-unsaturated/α-hetero) is 1. The van der Waals surface area contributed by atoms with Crippen molar-refractivity contribution < 1.29 is 14.3 Å². The van der Waals surface area contributed by atoms with Crippen LogP contribution in [0.3, 0.4) is 0 Å². The summed E-state index contributed by atoms with van der Waals surface area (Å²) in [5, 5.41) is 13.7. The van der Waals surface area contributed by atoms with E-state index in [4.69, 9.17) is 16.3 Å². The standard InChI is InChI=1S/C29H36ClN3O3/c1-28(2)16-19(17-29(3,4)32-28)14-24(34)21-10-12-26(23(30)15-21)36-25-9-7-8-20(22(25)18-31)11-13-27(35)33(5)6/h7-10,12,15,19,32H,11,13-14,16-17H2,1-6H3. The molecule has 1 aliphatic rings. The Bertz CT molecular complexity index is 1160. The number of halogens is 1. The number of nitrogens with zero attached hydrogens (tertiary/aromatic N) is 2. The van der Waals surface area contributed by atoms with E-state index in [0.717, 1.165) is 18.4 Å². The molecule has 0 atom stereocenters. The van der Waals surface area contributed by atoms with E-state index in [0.29, 0.717) is 52.8 Å². The molecule has 1 amide bonds. The lowest BCUT2D eigenvalue weighted by molar-refractivity contribution is -0.128. The number of hydrogen-bond donors (Lipinski definition) is 1. The second-order valence-electron chi connectivity index (χ2n) is 11.2. The smallest absolute Gasteiger partial charge is 0.222 e. The number of rotatable bonds is 8. The molecule has 7 heteroatoms. The highest BCUT2D eigenvalue weighted by Crippen LogP contribution is 2.37. The molecule has 0 aromatic heterocycles. The molecule has 192 valence electrons. The number of hydrogen-bond acceptors (Lipinski definition) is 5. The molecule has 1 saturated heterocycles. The Morgan fingerprint density at radius 3 is 2.36 bits per heavy atom. The fourth-order valence-corrected chi connectivity index (χ4v) is 5.61. The first-order valence-corrected chi connectivity index (χ1v) is 12.7. The van der Waals surface area contributed by atoms with E-state index >= 15 is 0 Å². The van der Waals surface area contributed by atoms with Crippen LogP contribution in [0, 0.1) is 17.2 Å². The zero-order valence-corrected chi connectivity index (χ0v) is 22.8. The Morgan fingerprint density at radius 1 is 1.11 bits per heavy atom. The Balaban J connectivity index is 1.73. The number of nitriles is 1. The number of benzene rings is 2. The summed E-state index contributed by atoms with van der Waals surface area (Å²) >= 11 is 6.51. The van der Waals surface area contributed by atoms with Crippen molar-refractivity contribution in [2.45, 2.75) is 70.9 Å². The fraction of sp³-hybridized carbons (Fsp3) is 0.483. The normalized spacial score (nSPS) is 16.7. The van der Waals surface area contributed by atoms with E-state index in [2.05, 4.69) is 39.1 Å². The van der Waals surface area contributed by atoms with Crippen LogP contribution in [-0.2, 0) is 11.2 Å². The predicted molar refractivity (Wildman–Crippen MR) is 143 cm³/mol. The molecule has 0 spiro atoms. The Labute approximate surface area is 219 Å². The van der Waals surface area contributed by atoms with Crippen molar-refractivity contribution in [1.29, 1.82) is 5.26 Å². The quantitative estimate of drug-likeness (QED) is 0.431. The third-order valence-electron chi connectivity index (χ3n) is 6.55. The highest BCUT2D eigenvalue weighted by molar-refractivity contribution is 6.32. The summed E-state index contributed by atoms with van der Waals surface area (Å²) in [5.41, 5.74) is 1.62. The second-order valence-corrected chi connectivity index (χ2v) is 11.6. The summed E-state index contributed by atoms with van der Waals surface area (Å²) < 4.78 is 6.00.